The molecule has 2 rings (SSSR count). The van der Waals surface area contributed by atoms with Crippen molar-refractivity contribution in [2.24, 2.45) is 5.73 Å². The van der Waals surface area contributed by atoms with Gasteiger partial charge < -0.3 is 5.73 Å². The predicted octanol–water partition coefficient (Wildman–Crippen LogP) is 2.63. The summed E-state index contributed by atoms with van der Waals surface area (Å²) in [7, 11) is 0. The summed E-state index contributed by atoms with van der Waals surface area (Å²) in [5.41, 5.74) is 7.31. The van der Waals surface area contributed by atoms with Crippen molar-refractivity contribution in [2.75, 3.05) is 0 Å². The van der Waals surface area contributed by atoms with Crippen molar-refractivity contribution in [1.29, 1.82) is 0 Å². The highest BCUT2D eigenvalue weighted by Gasteiger charge is 2.07. The van der Waals surface area contributed by atoms with Crippen LogP contribution < -0.4 is 5.73 Å². The van der Waals surface area contributed by atoms with Crippen LogP contribution in [-0.4, -0.2) is 5.78 Å². The maximum absolute atomic E-state index is 11.9. The van der Waals surface area contributed by atoms with Gasteiger partial charge in [-0.1, -0.05) is 30.3 Å². The Labute approximate surface area is 98.7 Å². The molecule has 1 aromatic carbocycles. The SMILES string of the molecule is NCc1ccc(C(=O)Cc2cccs2)cc1. The lowest BCUT2D eigenvalue weighted by Crippen LogP contribution is -2.03. The third-order valence-electron chi connectivity index (χ3n) is 2.43. The molecule has 0 bridgehead atoms. The molecule has 0 amide bonds. The maximum atomic E-state index is 11.9. The van der Waals surface area contributed by atoms with Gasteiger partial charge in [0, 0.05) is 23.4 Å². The second-order valence-corrected chi connectivity index (χ2v) is 4.61. The minimum Gasteiger partial charge on any atom is -0.326 e. The number of hydrogen-bond donors (Lipinski definition) is 1. The van der Waals surface area contributed by atoms with E-state index in [1.54, 1.807) is 11.3 Å². The van der Waals surface area contributed by atoms with Gasteiger partial charge in [0.2, 0.25) is 0 Å². The number of carbonyl (C=O) groups is 1. The minimum atomic E-state index is 0.158. The second kappa shape index (κ2) is 5.05. The summed E-state index contributed by atoms with van der Waals surface area (Å²) >= 11 is 1.61. The third kappa shape index (κ3) is 2.56. The molecule has 1 heterocycles. The molecule has 0 aliphatic heterocycles. The fraction of sp³-hybridized carbons (Fsp3) is 0.154. The number of rotatable bonds is 4. The van der Waals surface area contributed by atoms with E-state index in [-0.39, 0.29) is 5.78 Å². The quantitative estimate of drug-likeness (QED) is 0.822. The Morgan fingerprint density at radius 1 is 1.19 bits per heavy atom. The first-order valence-electron chi connectivity index (χ1n) is 5.14. The molecule has 2 aromatic rings. The number of benzene rings is 1. The molecule has 0 spiro atoms. The highest BCUT2D eigenvalue weighted by atomic mass is 32.1. The number of ketones is 1. The normalized spacial score (nSPS) is 10.3. The molecule has 0 unspecified atom stereocenters. The van der Waals surface area contributed by atoms with Gasteiger partial charge in [0.15, 0.2) is 5.78 Å². The fourth-order valence-electron chi connectivity index (χ4n) is 1.50. The van der Waals surface area contributed by atoms with Crippen LogP contribution in [0.1, 0.15) is 20.8 Å². The van der Waals surface area contributed by atoms with Crippen LogP contribution in [0.5, 0.6) is 0 Å². The van der Waals surface area contributed by atoms with Gasteiger partial charge in [-0.2, -0.15) is 0 Å². The Morgan fingerprint density at radius 2 is 1.94 bits per heavy atom. The molecule has 0 saturated carbocycles. The lowest BCUT2D eigenvalue weighted by atomic mass is 10.1. The first kappa shape index (κ1) is 11.0. The highest BCUT2D eigenvalue weighted by molar-refractivity contribution is 7.10. The zero-order valence-electron chi connectivity index (χ0n) is 8.85. The molecule has 0 aliphatic rings. The van der Waals surface area contributed by atoms with Crippen molar-refractivity contribution in [3.8, 4) is 0 Å². The van der Waals surface area contributed by atoms with E-state index >= 15 is 0 Å². The molecule has 1 aromatic heterocycles. The Bertz CT molecular complexity index is 459. The van der Waals surface area contributed by atoms with Crippen LogP contribution in [0.15, 0.2) is 41.8 Å². The molecule has 0 atom stereocenters. The number of hydrogen-bond acceptors (Lipinski definition) is 3. The van der Waals surface area contributed by atoms with Crippen LogP contribution in [0.2, 0.25) is 0 Å². The van der Waals surface area contributed by atoms with Gasteiger partial charge in [0.1, 0.15) is 0 Å². The molecule has 0 aliphatic carbocycles. The van der Waals surface area contributed by atoms with Crippen LogP contribution in [0, 0.1) is 0 Å². The smallest absolute Gasteiger partial charge is 0.168 e. The van der Waals surface area contributed by atoms with Gasteiger partial charge in [-0.15, -0.1) is 11.3 Å². The van der Waals surface area contributed by atoms with Crippen molar-refractivity contribution in [3.05, 3.63) is 57.8 Å². The van der Waals surface area contributed by atoms with E-state index in [9.17, 15) is 4.79 Å². The van der Waals surface area contributed by atoms with Gasteiger partial charge in [-0.25, -0.2) is 0 Å². The Hall–Kier alpha value is -1.45. The Balaban J connectivity index is 2.09. The van der Waals surface area contributed by atoms with Crippen LogP contribution in [-0.2, 0) is 13.0 Å². The zero-order valence-corrected chi connectivity index (χ0v) is 9.67. The second-order valence-electron chi connectivity index (χ2n) is 3.58. The van der Waals surface area contributed by atoms with Crippen molar-refractivity contribution in [3.63, 3.8) is 0 Å². The van der Waals surface area contributed by atoms with Crippen molar-refractivity contribution < 1.29 is 4.79 Å². The van der Waals surface area contributed by atoms with Crippen molar-refractivity contribution in [2.45, 2.75) is 13.0 Å². The topological polar surface area (TPSA) is 43.1 Å². The van der Waals surface area contributed by atoms with Crippen molar-refractivity contribution >= 4 is 17.1 Å². The molecule has 16 heavy (non-hydrogen) atoms. The lowest BCUT2D eigenvalue weighted by molar-refractivity contribution is 0.0994. The third-order valence-corrected chi connectivity index (χ3v) is 3.30. The average molecular weight is 231 g/mol. The van der Waals surface area contributed by atoms with Crippen LogP contribution in [0.3, 0.4) is 0 Å². The first-order valence-corrected chi connectivity index (χ1v) is 6.02. The molecule has 2 N–H and O–H groups in total. The Morgan fingerprint density at radius 3 is 2.50 bits per heavy atom. The molecular weight excluding hydrogens is 218 g/mol. The lowest BCUT2D eigenvalue weighted by Gasteiger charge is -2.01. The van der Waals surface area contributed by atoms with Crippen LogP contribution in [0.25, 0.3) is 0 Å². The highest BCUT2D eigenvalue weighted by Crippen LogP contribution is 2.13. The summed E-state index contributed by atoms with van der Waals surface area (Å²) in [4.78, 5) is 13.0. The largest absolute Gasteiger partial charge is 0.326 e. The van der Waals surface area contributed by atoms with Gasteiger partial charge in [0.25, 0.3) is 0 Å². The molecule has 0 fully saturated rings. The molecule has 3 heteroatoms. The molecule has 82 valence electrons. The number of nitrogens with two attached hydrogens (primary N) is 1. The maximum Gasteiger partial charge on any atom is 0.168 e. The van der Waals surface area contributed by atoms with Gasteiger partial charge in [-0.3, -0.25) is 4.79 Å². The first-order chi connectivity index (χ1) is 7.79. The van der Waals surface area contributed by atoms with Gasteiger partial charge in [-0.05, 0) is 17.0 Å². The number of carbonyl (C=O) groups excluding carboxylic acids is 1. The zero-order chi connectivity index (χ0) is 11.4. The summed E-state index contributed by atoms with van der Waals surface area (Å²) in [6.07, 6.45) is 0.486. The van der Waals surface area contributed by atoms with E-state index in [4.69, 9.17) is 5.73 Å². The number of Topliss-reactive ketones (excluding diaryl/α,β-unsaturated/α-hetero) is 1. The molecule has 0 saturated heterocycles. The van der Waals surface area contributed by atoms with Crippen LogP contribution in [0.4, 0.5) is 0 Å². The van der Waals surface area contributed by atoms with Gasteiger partial charge >= 0.3 is 0 Å². The van der Waals surface area contributed by atoms with E-state index < -0.39 is 0 Å². The summed E-state index contributed by atoms with van der Waals surface area (Å²) < 4.78 is 0. The molecule has 0 radical (unpaired) electrons. The Kier molecular flexibility index (Phi) is 3.49. The standard InChI is InChI=1S/C13H13NOS/c14-9-10-3-5-11(6-4-10)13(15)8-12-2-1-7-16-12/h1-7H,8-9,14H2. The molecule has 2 nitrogen and oxygen atoms in total. The van der Waals surface area contributed by atoms with E-state index in [1.807, 2.05) is 41.8 Å². The fourth-order valence-corrected chi connectivity index (χ4v) is 2.20. The van der Waals surface area contributed by atoms with E-state index in [0.29, 0.717) is 13.0 Å². The van der Waals surface area contributed by atoms with Crippen LogP contribution >= 0.6 is 11.3 Å². The average Bonchev–Trinajstić information content (AvgIpc) is 2.82. The van der Waals surface area contributed by atoms with Crippen molar-refractivity contribution in [1.82, 2.24) is 0 Å². The van der Waals surface area contributed by atoms with E-state index in [2.05, 4.69) is 0 Å². The molecular formula is C13H13NOS. The monoisotopic (exact) mass is 231 g/mol. The summed E-state index contributed by atoms with van der Waals surface area (Å²) in [5.74, 6) is 0.158. The summed E-state index contributed by atoms with van der Waals surface area (Å²) in [5, 5.41) is 1.99. The minimum absolute atomic E-state index is 0.158. The number of thiophene rings is 1. The summed E-state index contributed by atoms with van der Waals surface area (Å²) in [6, 6.07) is 11.4. The predicted molar refractivity (Wildman–Crippen MR) is 66.7 cm³/mol. The van der Waals surface area contributed by atoms with Gasteiger partial charge in [0.05, 0.1) is 0 Å². The van der Waals surface area contributed by atoms with E-state index in [0.717, 1.165) is 16.0 Å². The summed E-state index contributed by atoms with van der Waals surface area (Å²) in [6.45, 7) is 0.513. The van der Waals surface area contributed by atoms with E-state index in [1.165, 1.54) is 0 Å².